The van der Waals surface area contributed by atoms with E-state index in [0.717, 1.165) is 22.7 Å². The Hall–Kier alpha value is -2.49. The number of rotatable bonds is 5. The number of carbonyl (C=O) groups excluding carboxylic acids is 1. The van der Waals surface area contributed by atoms with Crippen LogP contribution in [0.15, 0.2) is 42.5 Å². The van der Waals surface area contributed by atoms with Crippen molar-refractivity contribution in [3.8, 4) is 5.75 Å². The van der Waals surface area contributed by atoms with Crippen LogP contribution < -0.4 is 15.4 Å². The molecule has 2 rings (SSSR count). The zero-order chi connectivity index (χ0) is 15.2. The number of hydrogen-bond donors (Lipinski definition) is 2. The lowest BCUT2D eigenvalue weighted by Gasteiger charge is -2.09. The van der Waals surface area contributed by atoms with Gasteiger partial charge in [0.15, 0.2) is 0 Å². The number of amides is 1. The summed E-state index contributed by atoms with van der Waals surface area (Å²) < 4.78 is 5.37. The lowest BCUT2D eigenvalue weighted by molar-refractivity contribution is 0.102. The molecule has 0 unspecified atom stereocenters. The van der Waals surface area contributed by atoms with E-state index in [1.165, 1.54) is 0 Å². The summed E-state index contributed by atoms with van der Waals surface area (Å²) in [5.74, 6) is 0.676. The lowest BCUT2D eigenvalue weighted by Crippen LogP contribution is -2.12. The second kappa shape index (κ2) is 6.79. The molecule has 0 bridgehead atoms. The SMILES string of the molecule is CCOc1ccc(NC(=O)c2ccc(NC)c(C)c2)cc1. The number of benzene rings is 2. The molecule has 0 heterocycles. The fourth-order valence-corrected chi connectivity index (χ4v) is 2.09. The van der Waals surface area contributed by atoms with E-state index in [1.54, 1.807) is 0 Å². The Labute approximate surface area is 125 Å². The van der Waals surface area contributed by atoms with E-state index in [2.05, 4.69) is 10.6 Å². The molecule has 4 heteroatoms. The number of nitrogens with one attached hydrogen (secondary N) is 2. The fourth-order valence-electron chi connectivity index (χ4n) is 2.09. The average Bonchev–Trinajstić information content (AvgIpc) is 2.49. The molecular weight excluding hydrogens is 264 g/mol. The van der Waals surface area contributed by atoms with E-state index in [1.807, 2.05) is 63.4 Å². The Morgan fingerprint density at radius 2 is 1.86 bits per heavy atom. The largest absolute Gasteiger partial charge is 0.494 e. The van der Waals surface area contributed by atoms with E-state index < -0.39 is 0 Å². The molecule has 0 aliphatic rings. The molecule has 2 N–H and O–H groups in total. The van der Waals surface area contributed by atoms with Crippen LogP contribution in [-0.4, -0.2) is 19.6 Å². The van der Waals surface area contributed by atoms with Gasteiger partial charge >= 0.3 is 0 Å². The first-order valence-electron chi connectivity index (χ1n) is 6.96. The molecule has 2 aromatic rings. The summed E-state index contributed by atoms with van der Waals surface area (Å²) >= 11 is 0. The van der Waals surface area contributed by atoms with Gasteiger partial charge in [-0.1, -0.05) is 0 Å². The molecule has 0 atom stereocenters. The third kappa shape index (κ3) is 3.75. The van der Waals surface area contributed by atoms with Crippen LogP contribution in [0.3, 0.4) is 0 Å². The predicted octanol–water partition coefficient (Wildman–Crippen LogP) is 3.69. The number of aryl methyl sites for hydroxylation is 1. The number of ether oxygens (including phenoxy) is 1. The minimum Gasteiger partial charge on any atom is -0.494 e. The summed E-state index contributed by atoms with van der Waals surface area (Å²) in [6.45, 7) is 4.54. The topological polar surface area (TPSA) is 50.4 Å². The molecule has 21 heavy (non-hydrogen) atoms. The molecule has 1 amide bonds. The molecule has 0 saturated carbocycles. The Morgan fingerprint density at radius 1 is 1.14 bits per heavy atom. The molecule has 0 spiro atoms. The summed E-state index contributed by atoms with van der Waals surface area (Å²) in [5.41, 5.74) is 3.45. The third-order valence-corrected chi connectivity index (χ3v) is 3.18. The quantitative estimate of drug-likeness (QED) is 0.880. The monoisotopic (exact) mass is 284 g/mol. The van der Waals surface area contributed by atoms with Gasteiger partial charge in [0.25, 0.3) is 5.91 Å². The van der Waals surface area contributed by atoms with E-state index in [0.29, 0.717) is 12.2 Å². The summed E-state index contributed by atoms with van der Waals surface area (Å²) in [5, 5.41) is 5.96. The maximum absolute atomic E-state index is 12.2. The molecule has 2 aromatic carbocycles. The van der Waals surface area contributed by atoms with Gasteiger partial charge in [0.05, 0.1) is 6.61 Å². The summed E-state index contributed by atoms with van der Waals surface area (Å²) in [6, 6.07) is 12.9. The third-order valence-electron chi connectivity index (χ3n) is 3.18. The van der Waals surface area contributed by atoms with Crippen LogP contribution in [0.25, 0.3) is 0 Å². The Morgan fingerprint density at radius 3 is 2.43 bits per heavy atom. The van der Waals surface area contributed by atoms with Gasteiger partial charge in [0, 0.05) is 24.0 Å². The first-order chi connectivity index (χ1) is 10.1. The number of hydrogen-bond acceptors (Lipinski definition) is 3. The second-order valence-corrected chi connectivity index (χ2v) is 4.69. The Bertz CT molecular complexity index is 621. The normalized spacial score (nSPS) is 10.0. The highest BCUT2D eigenvalue weighted by Crippen LogP contribution is 2.19. The van der Waals surface area contributed by atoms with Crippen molar-refractivity contribution in [2.75, 3.05) is 24.3 Å². The highest BCUT2D eigenvalue weighted by atomic mass is 16.5. The van der Waals surface area contributed by atoms with Gasteiger partial charge in [0.2, 0.25) is 0 Å². The van der Waals surface area contributed by atoms with E-state index in [4.69, 9.17) is 4.74 Å². The highest BCUT2D eigenvalue weighted by Gasteiger charge is 2.08. The molecule has 0 aromatic heterocycles. The molecular formula is C17H20N2O2. The van der Waals surface area contributed by atoms with Gasteiger partial charge in [-0.3, -0.25) is 4.79 Å². The van der Waals surface area contributed by atoms with Crippen molar-refractivity contribution in [1.29, 1.82) is 0 Å². The summed E-state index contributed by atoms with van der Waals surface area (Å²) in [4.78, 5) is 12.2. The number of anilines is 2. The van der Waals surface area contributed by atoms with Crippen LogP contribution >= 0.6 is 0 Å². The highest BCUT2D eigenvalue weighted by molar-refractivity contribution is 6.04. The van der Waals surface area contributed by atoms with Crippen molar-refractivity contribution in [3.05, 3.63) is 53.6 Å². The smallest absolute Gasteiger partial charge is 0.255 e. The first kappa shape index (κ1) is 14.9. The van der Waals surface area contributed by atoms with Gasteiger partial charge in [-0.25, -0.2) is 0 Å². The van der Waals surface area contributed by atoms with E-state index in [9.17, 15) is 4.79 Å². The van der Waals surface area contributed by atoms with Gasteiger partial charge < -0.3 is 15.4 Å². The van der Waals surface area contributed by atoms with Crippen LogP contribution in [-0.2, 0) is 0 Å². The van der Waals surface area contributed by atoms with Crippen LogP contribution in [0.4, 0.5) is 11.4 Å². The van der Waals surface area contributed by atoms with Gasteiger partial charge in [-0.05, 0) is 61.9 Å². The summed E-state index contributed by atoms with van der Waals surface area (Å²) in [7, 11) is 1.86. The minimum absolute atomic E-state index is 0.120. The van der Waals surface area contributed by atoms with Gasteiger partial charge in [0.1, 0.15) is 5.75 Å². The molecule has 110 valence electrons. The van der Waals surface area contributed by atoms with E-state index in [-0.39, 0.29) is 5.91 Å². The second-order valence-electron chi connectivity index (χ2n) is 4.69. The van der Waals surface area contributed by atoms with Crippen molar-refractivity contribution in [3.63, 3.8) is 0 Å². The fraction of sp³-hybridized carbons (Fsp3) is 0.235. The van der Waals surface area contributed by atoms with Crippen molar-refractivity contribution >= 4 is 17.3 Å². The Kier molecular flexibility index (Phi) is 4.82. The van der Waals surface area contributed by atoms with Crippen molar-refractivity contribution in [2.24, 2.45) is 0 Å². The van der Waals surface area contributed by atoms with Crippen LogP contribution in [0.1, 0.15) is 22.8 Å². The maximum Gasteiger partial charge on any atom is 0.255 e. The van der Waals surface area contributed by atoms with E-state index >= 15 is 0 Å². The Balaban J connectivity index is 2.08. The maximum atomic E-state index is 12.2. The predicted molar refractivity (Wildman–Crippen MR) is 86.3 cm³/mol. The molecule has 0 radical (unpaired) electrons. The zero-order valence-corrected chi connectivity index (χ0v) is 12.6. The van der Waals surface area contributed by atoms with Crippen LogP contribution in [0.2, 0.25) is 0 Å². The van der Waals surface area contributed by atoms with Gasteiger partial charge in [-0.15, -0.1) is 0 Å². The van der Waals surface area contributed by atoms with Crippen LogP contribution in [0.5, 0.6) is 5.75 Å². The lowest BCUT2D eigenvalue weighted by atomic mass is 10.1. The average molecular weight is 284 g/mol. The molecule has 0 aliphatic heterocycles. The van der Waals surface area contributed by atoms with Crippen molar-refractivity contribution in [2.45, 2.75) is 13.8 Å². The standard InChI is InChI=1S/C17H20N2O2/c1-4-21-15-8-6-14(7-9-15)19-17(20)13-5-10-16(18-3)12(2)11-13/h5-11,18H,4H2,1-3H3,(H,19,20). The zero-order valence-electron chi connectivity index (χ0n) is 12.6. The molecule has 4 nitrogen and oxygen atoms in total. The van der Waals surface area contributed by atoms with Crippen molar-refractivity contribution < 1.29 is 9.53 Å². The van der Waals surface area contributed by atoms with Gasteiger partial charge in [-0.2, -0.15) is 0 Å². The minimum atomic E-state index is -0.120. The first-order valence-corrected chi connectivity index (χ1v) is 6.96. The molecule has 0 aliphatic carbocycles. The number of carbonyl (C=O) groups is 1. The van der Waals surface area contributed by atoms with Crippen molar-refractivity contribution in [1.82, 2.24) is 0 Å². The summed E-state index contributed by atoms with van der Waals surface area (Å²) in [6.07, 6.45) is 0. The molecule has 0 saturated heterocycles. The van der Waals surface area contributed by atoms with Crippen LogP contribution in [0, 0.1) is 6.92 Å². The molecule has 0 fully saturated rings.